The normalized spacial score (nSPS) is 9.88. The van der Waals surface area contributed by atoms with E-state index in [1.165, 1.54) is 0 Å². The van der Waals surface area contributed by atoms with E-state index in [1.807, 2.05) is 12.1 Å². The maximum atomic E-state index is 11.1. The van der Waals surface area contributed by atoms with Crippen molar-refractivity contribution < 1.29 is 9.53 Å². The predicted molar refractivity (Wildman–Crippen MR) is 61.6 cm³/mol. The fraction of sp³-hybridized carbons (Fsp3) is 0.455. The lowest BCUT2D eigenvalue weighted by molar-refractivity contribution is -0.143. The van der Waals surface area contributed by atoms with Gasteiger partial charge in [-0.15, -0.1) is 0 Å². The molecule has 0 amide bonds. The number of hydrazine groups is 1. The van der Waals surface area contributed by atoms with Crippen LogP contribution < -0.4 is 10.9 Å². The summed E-state index contributed by atoms with van der Waals surface area (Å²) in [5, 5.41) is 1.60. The molecule has 0 aliphatic heterocycles. The molecule has 0 unspecified atom stereocenters. The van der Waals surface area contributed by atoms with Gasteiger partial charge < -0.3 is 9.75 Å². The number of esters is 1. The van der Waals surface area contributed by atoms with Crippen LogP contribution in [0.15, 0.2) is 24.5 Å². The van der Waals surface area contributed by atoms with E-state index in [0.717, 1.165) is 5.69 Å². The number of anilines is 1. The van der Waals surface area contributed by atoms with Gasteiger partial charge in [0.25, 0.3) is 0 Å². The van der Waals surface area contributed by atoms with Crippen LogP contribution in [-0.2, 0) is 9.53 Å². The molecule has 0 atom stereocenters. The van der Waals surface area contributed by atoms with Crippen molar-refractivity contribution in [3.63, 3.8) is 0 Å². The Labute approximate surface area is 95.2 Å². The van der Waals surface area contributed by atoms with Gasteiger partial charge in [0, 0.05) is 25.4 Å². The fourth-order valence-corrected chi connectivity index (χ4v) is 1.29. The van der Waals surface area contributed by atoms with Crippen LogP contribution in [0.25, 0.3) is 0 Å². The lowest BCUT2D eigenvalue weighted by Crippen LogP contribution is -2.32. The van der Waals surface area contributed by atoms with Crippen LogP contribution in [0.4, 0.5) is 5.69 Å². The van der Waals surface area contributed by atoms with Gasteiger partial charge in [0.1, 0.15) is 0 Å². The Kier molecular flexibility index (Phi) is 5.28. The summed E-state index contributed by atoms with van der Waals surface area (Å²) in [5.41, 5.74) is 0.888. The number of rotatable bonds is 6. The molecule has 1 aromatic heterocycles. The fourth-order valence-electron chi connectivity index (χ4n) is 1.29. The average molecular weight is 223 g/mol. The topological polar surface area (TPSA) is 68.5 Å². The summed E-state index contributed by atoms with van der Waals surface area (Å²) in [6.45, 7) is 2.84. The molecule has 2 N–H and O–H groups in total. The molecule has 1 rings (SSSR count). The Morgan fingerprint density at radius 1 is 1.50 bits per heavy atom. The van der Waals surface area contributed by atoms with Gasteiger partial charge in [0.05, 0.1) is 12.3 Å². The summed E-state index contributed by atoms with van der Waals surface area (Å²) in [6, 6.07) is 3.65. The van der Waals surface area contributed by atoms with Crippen LogP contribution in [0.1, 0.15) is 19.8 Å². The highest BCUT2D eigenvalue weighted by molar-refractivity contribution is 5.69. The van der Waals surface area contributed by atoms with Crippen molar-refractivity contribution in [3.8, 4) is 0 Å². The minimum absolute atomic E-state index is 0.175. The Bertz CT molecular complexity index is 316. The van der Waals surface area contributed by atoms with Gasteiger partial charge in [-0.3, -0.25) is 9.78 Å². The van der Waals surface area contributed by atoms with Crippen LogP contribution in [0.2, 0.25) is 0 Å². The van der Waals surface area contributed by atoms with Crippen molar-refractivity contribution in [1.29, 1.82) is 0 Å². The Balaban J connectivity index is 2.26. The van der Waals surface area contributed by atoms with Gasteiger partial charge >= 0.3 is 5.97 Å². The lowest BCUT2D eigenvalue weighted by atomic mass is 10.3. The molecule has 0 aliphatic rings. The molecule has 0 fully saturated rings. The first-order valence-corrected chi connectivity index (χ1v) is 5.32. The molecular weight excluding hydrogens is 206 g/mol. The van der Waals surface area contributed by atoms with E-state index in [1.54, 1.807) is 24.3 Å². The summed E-state index contributed by atoms with van der Waals surface area (Å²) in [6.07, 6.45) is 4.44. The van der Waals surface area contributed by atoms with Crippen molar-refractivity contribution in [2.45, 2.75) is 19.8 Å². The molecule has 1 aromatic rings. The largest absolute Gasteiger partial charge is 0.466 e. The summed E-state index contributed by atoms with van der Waals surface area (Å²) in [4.78, 5) is 15.0. The number of hydrogen-bond donors (Lipinski definition) is 1. The van der Waals surface area contributed by atoms with Crippen LogP contribution in [-0.4, -0.2) is 24.1 Å². The maximum absolute atomic E-state index is 11.1. The first kappa shape index (κ1) is 12.4. The lowest BCUT2D eigenvalue weighted by Gasteiger charge is -2.17. The van der Waals surface area contributed by atoms with Gasteiger partial charge in [-0.25, -0.2) is 5.84 Å². The zero-order valence-electron chi connectivity index (χ0n) is 9.43. The molecule has 0 saturated heterocycles. The summed E-state index contributed by atoms with van der Waals surface area (Å²) >= 11 is 0. The number of pyridine rings is 1. The van der Waals surface area contributed by atoms with Crippen molar-refractivity contribution in [3.05, 3.63) is 24.5 Å². The number of carbonyl (C=O) groups is 1. The van der Waals surface area contributed by atoms with Crippen molar-refractivity contribution >= 4 is 11.7 Å². The number of nitrogens with zero attached hydrogens (tertiary/aromatic N) is 2. The van der Waals surface area contributed by atoms with Gasteiger partial charge in [0.2, 0.25) is 0 Å². The molecule has 0 bridgehead atoms. The number of aromatic nitrogens is 1. The van der Waals surface area contributed by atoms with Crippen molar-refractivity contribution in [2.75, 3.05) is 18.2 Å². The third kappa shape index (κ3) is 4.27. The molecule has 0 aliphatic carbocycles. The van der Waals surface area contributed by atoms with Gasteiger partial charge in [-0.05, 0) is 25.5 Å². The first-order chi connectivity index (χ1) is 7.74. The van der Waals surface area contributed by atoms with Crippen molar-refractivity contribution in [1.82, 2.24) is 4.98 Å². The van der Waals surface area contributed by atoms with Crippen LogP contribution >= 0.6 is 0 Å². The van der Waals surface area contributed by atoms with E-state index in [9.17, 15) is 4.79 Å². The van der Waals surface area contributed by atoms with E-state index in [-0.39, 0.29) is 5.97 Å². The highest BCUT2D eigenvalue weighted by atomic mass is 16.5. The van der Waals surface area contributed by atoms with Crippen LogP contribution in [0.3, 0.4) is 0 Å². The Morgan fingerprint density at radius 3 is 2.81 bits per heavy atom. The zero-order chi connectivity index (χ0) is 11.8. The molecule has 5 nitrogen and oxygen atoms in total. The predicted octanol–water partition coefficient (Wildman–Crippen LogP) is 1.10. The molecule has 0 aromatic carbocycles. The Hall–Kier alpha value is -1.62. The maximum Gasteiger partial charge on any atom is 0.305 e. The highest BCUT2D eigenvalue weighted by Gasteiger charge is 2.04. The molecule has 88 valence electrons. The van der Waals surface area contributed by atoms with E-state index in [0.29, 0.717) is 26.0 Å². The third-order valence-corrected chi connectivity index (χ3v) is 2.08. The number of hydrogen-bond acceptors (Lipinski definition) is 5. The van der Waals surface area contributed by atoms with E-state index >= 15 is 0 Å². The second kappa shape index (κ2) is 6.79. The minimum Gasteiger partial charge on any atom is -0.466 e. The van der Waals surface area contributed by atoms with E-state index in [2.05, 4.69) is 4.98 Å². The highest BCUT2D eigenvalue weighted by Crippen LogP contribution is 2.08. The number of ether oxygens (including phenoxy) is 1. The standard InChI is InChI=1S/C11H17N3O2/c1-2-16-11(15)4-3-9-14(12)10-5-7-13-8-6-10/h5-8H,2-4,9,12H2,1H3. The average Bonchev–Trinajstić information content (AvgIpc) is 2.30. The molecule has 1 heterocycles. The van der Waals surface area contributed by atoms with E-state index in [4.69, 9.17) is 10.6 Å². The molecule has 0 spiro atoms. The second-order valence-corrected chi connectivity index (χ2v) is 3.31. The zero-order valence-corrected chi connectivity index (χ0v) is 9.43. The van der Waals surface area contributed by atoms with Crippen LogP contribution in [0, 0.1) is 0 Å². The monoisotopic (exact) mass is 223 g/mol. The number of nitrogens with two attached hydrogens (primary N) is 1. The SMILES string of the molecule is CCOC(=O)CCCN(N)c1ccncc1. The van der Waals surface area contributed by atoms with Crippen molar-refractivity contribution in [2.24, 2.45) is 5.84 Å². The molecule has 0 saturated carbocycles. The smallest absolute Gasteiger partial charge is 0.305 e. The van der Waals surface area contributed by atoms with Gasteiger partial charge in [-0.2, -0.15) is 0 Å². The Morgan fingerprint density at radius 2 is 2.19 bits per heavy atom. The molecule has 5 heteroatoms. The van der Waals surface area contributed by atoms with E-state index < -0.39 is 0 Å². The summed E-state index contributed by atoms with van der Waals surface area (Å²) in [7, 11) is 0. The minimum atomic E-state index is -0.175. The number of carbonyl (C=O) groups excluding carboxylic acids is 1. The molecule has 0 radical (unpaired) electrons. The van der Waals surface area contributed by atoms with Crippen LogP contribution in [0.5, 0.6) is 0 Å². The quantitative estimate of drug-likeness (QED) is 0.444. The molecule has 16 heavy (non-hydrogen) atoms. The second-order valence-electron chi connectivity index (χ2n) is 3.31. The summed E-state index contributed by atoms with van der Waals surface area (Å²) in [5.74, 6) is 5.63. The molecular formula is C11H17N3O2. The summed E-state index contributed by atoms with van der Waals surface area (Å²) < 4.78 is 4.82. The van der Waals surface area contributed by atoms with Gasteiger partial charge in [0.15, 0.2) is 0 Å². The third-order valence-electron chi connectivity index (χ3n) is 2.08. The van der Waals surface area contributed by atoms with Gasteiger partial charge in [-0.1, -0.05) is 0 Å². The first-order valence-electron chi connectivity index (χ1n) is 5.32.